The number of benzene rings is 1. The number of hydrogen-bond acceptors (Lipinski definition) is 4. The number of carbonyl (C=O) groups excluding carboxylic acids is 1. The Balaban J connectivity index is 1.37. The van der Waals surface area contributed by atoms with Crippen molar-refractivity contribution in [3.8, 4) is 11.3 Å². The molecule has 4 rings (SSSR count). The highest BCUT2D eigenvalue weighted by molar-refractivity contribution is 5.93. The monoisotopic (exact) mass is 373 g/mol. The standard InChI is InChI=1S/C20H24FN3O3/c1-24-18(11-17(23-24)14-5-7-15(21)8-6-14)19(25)22-12-16-13-26-20(27-16)9-3-2-4-10-20/h5-8,11,16H,2-4,9-10,12-13H2,1H3,(H,22,25)/t16-/m1/s1. The number of rotatable bonds is 4. The van der Waals surface area contributed by atoms with Crippen LogP contribution in [0.1, 0.15) is 42.6 Å². The van der Waals surface area contributed by atoms with Gasteiger partial charge in [-0.15, -0.1) is 0 Å². The van der Waals surface area contributed by atoms with Gasteiger partial charge in [0.2, 0.25) is 0 Å². The lowest BCUT2D eigenvalue weighted by molar-refractivity contribution is -0.186. The summed E-state index contributed by atoms with van der Waals surface area (Å²) in [5.74, 6) is -0.954. The van der Waals surface area contributed by atoms with E-state index in [1.807, 2.05) is 0 Å². The van der Waals surface area contributed by atoms with Crippen molar-refractivity contribution < 1.29 is 18.7 Å². The quantitative estimate of drug-likeness (QED) is 0.895. The van der Waals surface area contributed by atoms with Gasteiger partial charge in [-0.2, -0.15) is 5.10 Å². The normalized spacial score (nSPS) is 21.5. The molecule has 2 aromatic rings. The number of ether oxygens (including phenoxy) is 2. The van der Waals surface area contributed by atoms with Crippen molar-refractivity contribution >= 4 is 5.91 Å². The van der Waals surface area contributed by atoms with E-state index in [1.165, 1.54) is 23.2 Å². The molecule has 0 radical (unpaired) electrons. The van der Waals surface area contributed by atoms with Gasteiger partial charge in [0.15, 0.2) is 5.79 Å². The first-order valence-electron chi connectivity index (χ1n) is 9.45. The van der Waals surface area contributed by atoms with E-state index in [2.05, 4.69) is 10.4 Å². The van der Waals surface area contributed by atoms with Gasteiger partial charge < -0.3 is 14.8 Å². The van der Waals surface area contributed by atoms with Gasteiger partial charge in [0, 0.05) is 32.0 Å². The average molecular weight is 373 g/mol. The zero-order valence-corrected chi connectivity index (χ0v) is 15.4. The lowest BCUT2D eigenvalue weighted by Gasteiger charge is -2.31. The number of hydrogen-bond donors (Lipinski definition) is 1. The van der Waals surface area contributed by atoms with Gasteiger partial charge in [0.25, 0.3) is 5.91 Å². The third-order valence-electron chi connectivity index (χ3n) is 5.27. The van der Waals surface area contributed by atoms with E-state index in [0.29, 0.717) is 24.5 Å². The van der Waals surface area contributed by atoms with Crippen molar-refractivity contribution in [2.45, 2.75) is 44.0 Å². The van der Waals surface area contributed by atoms with Crippen LogP contribution in [-0.2, 0) is 16.5 Å². The molecule has 2 aliphatic rings. The number of carbonyl (C=O) groups is 1. The summed E-state index contributed by atoms with van der Waals surface area (Å²) in [6, 6.07) is 7.75. The number of aryl methyl sites for hydroxylation is 1. The average Bonchev–Trinajstić information content (AvgIpc) is 3.25. The fourth-order valence-corrected chi connectivity index (χ4v) is 3.81. The van der Waals surface area contributed by atoms with Crippen molar-refractivity contribution in [1.29, 1.82) is 0 Å². The maximum atomic E-state index is 13.1. The largest absolute Gasteiger partial charge is 0.348 e. The summed E-state index contributed by atoms with van der Waals surface area (Å²) in [5, 5.41) is 7.27. The van der Waals surface area contributed by atoms with Crippen LogP contribution in [0, 0.1) is 5.82 Å². The molecule has 1 saturated carbocycles. The molecule has 1 N–H and O–H groups in total. The summed E-state index contributed by atoms with van der Waals surface area (Å²) in [4.78, 5) is 12.6. The van der Waals surface area contributed by atoms with Crippen LogP contribution in [0.25, 0.3) is 11.3 Å². The molecule has 1 aliphatic carbocycles. The zero-order valence-electron chi connectivity index (χ0n) is 15.4. The van der Waals surface area contributed by atoms with Crippen LogP contribution in [-0.4, -0.2) is 40.7 Å². The number of halogens is 1. The summed E-state index contributed by atoms with van der Waals surface area (Å²) in [5.41, 5.74) is 1.84. The number of nitrogens with one attached hydrogen (secondary N) is 1. The van der Waals surface area contributed by atoms with Crippen LogP contribution < -0.4 is 5.32 Å². The van der Waals surface area contributed by atoms with Gasteiger partial charge in [-0.1, -0.05) is 6.42 Å². The van der Waals surface area contributed by atoms with Crippen LogP contribution >= 0.6 is 0 Å². The summed E-state index contributed by atoms with van der Waals surface area (Å²) in [7, 11) is 1.72. The smallest absolute Gasteiger partial charge is 0.269 e. The third-order valence-corrected chi connectivity index (χ3v) is 5.27. The third kappa shape index (κ3) is 3.89. The highest BCUT2D eigenvalue weighted by Crippen LogP contribution is 2.37. The summed E-state index contributed by atoms with van der Waals surface area (Å²) < 4.78 is 26.6. The predicted octanol–water partition coefficient (Wildman–Crippen LogP) is 3.03. The van der Waals surface area contributed by atoms with Gasteiger partial charge >= 0.3 is 0 Å². The second kappa shape index (κ2) is 7.40. The molecule has 2 heterocycles. The lowest BCUT2D eigenvalue weighted by atomic mass is 9.94. The maximum absolute atomic E-state index is 13.1. The Labute approximate surface area is 157 Å². The maximum Gasteiger partial charge on any atom is 0.269 e. The fourth-order valence-electron chi connectivity index (χ4n) is 3.81. The fraction of sp³-hybridized carbons (Fsp3) is 0.500. The molecule has 27 heavy (non-hydrogen) atoms. The van der Waals surface area contributed by atoms with Gasteiger partial charge in [-0.05, 0) is 43.2 Å². The second-order valence-corrected chi connectivity index (χ2v) is 7.28. The SMILES string of the molecule is Cn1nc(-c2ccc(F)cc2)cc1C(=O)NC[C@@H]1COC2(CCCCC2)O1. The van der Waals surface area contributed by atoms with Crippen LogP contribution in [0.3, 0.4) is 0 Å². The Morgan fingerprint density at radius 2 is 2.04 bits per heavy atom. The molecule has 1 aliphatic heterocycles. The first kappa shape index (κ1) is 18.1. The van der Waals surface area contributed by atoms with Crippen LogP contribution in [0.4, 0.5) is 4.39 Å². The van der Waals surface area contributed by atoms with Gasteiger partial charge in [-0.3, -0.25) is 9.48 Å². The lowest BCUT2D eigenvalue weighted by Crippen LogP contribution is -2.37. The predicted molar refractivity (Wildman–Crippen MR) is 97.6 cm³/mol. The van der Waals surface area contributed by atoms with Gasteiger partial charge in [-0.25, -0.2) is 4.39 Å². The van der Waals surface area contributed by atoms with E-state index >= 15 is 0 Å². The molecule has 1 amide bonds. The number of aromatic nitrogens is 2. The molecule has 1 aromatic heterocycles. The van der Waals surface area contributed by atoms with Crippen molar-refractivity contribution in [3.05, 3.63) is 41.8 Å². The zero-order chi connectivity index (χ0) is 18.9. The molecule has 1 aromatic carbocycles. The summed E-state index contributed by atoms with van der Waals surface area (Å²) in [6.07, 6.45) is 5.21. The number of amides is 1. The number of nitrogens with zero attached hydrogens (tertiary/aromatic N) is 2. The summed E-state index contributed by atoms with van der Waals surface area (Å²) in [6.45, 7) is 0.907. The topological polar surface area (TPSA) is 65.4 Å². The minimum absolute atomic E-state index is 0.128. The minimum atomic E-state index is -0.435. The molecular weight excluding hydrogens is 349 g/mol. The van der Waals surface area contributed by atoms with Crippen molar-refractivity contribution in [2.24, 2.45) is 7.05 Å². The highest BCUT2D eigenvalue weighted by atomic mass is 19.1. The van der Waals surface area contributed by atoms with E-state index in [9.17, 15) is 9.18 Å². The Hall–Kier alpha value is -2.25. The molecule has 0 unspecified atom stereocenters. The van der Waals surface area contributed by atoms with Crippen LogP contribution in [0.15, 0.2) is 30.3 Å². The molecule has 144 valence electrons. The first-order valence-corrected chi connectivity index (χ1v) is 9.45. The highest BCUT2D eigenvalue weighted by Gasteiger charge is 2.42. The van der Waals surface area contributed by atoms with Crippen molar-refractivity contribution in [1.82, 2.24) is 15.1 Å². The second-order valence-electron chi connectivity index (χ2n) is 7.28. The Morgan fingerprint density at radius 1 is 1.30 bits per heavy atom. The first-order chi connectivity index (χ1) is 13.0. The van der Waals surface area contributed by atoms with Crippen LogP contribution in [0.2, 0.25) is 0 Å². The Kier molecular flexibility index (Phi) is 4.97. The van der Waals surface area contributed by atoms with E-state index in [0.717, 1.165) is 31.2 Å². The molecular formula is C20H24FN3O3. The van der Waals surface area contributed by atoms with E-state index in [1.54, 1.807) is 25.2 Å². The van der Waals surface area contributed by atoms with Crippen molar-refractivity contribution in [3.63, 3.8) is 0 Å². The van der Waals surface area contributed by atoms with E-state index < -0.39 is 5.79 Å². The van der Waals surface area contributed by atoms with Crippen molar-refractivity contribution in [2.75, 3.05) is 13.2 Å². The Morgan fingerprint density at radius 3 is 2.78 bits per heavy atom. The van der Waals surface area contributed by atoms with Gasteiger partial charge in [0.1, 0.15) is 17.6 Å². The minimum Gasteiger partial charge on any atom is -0.348 e. The molecule has 2 fully saturated rings. The molecule has 1 saturated heterocycles. The molecule has 1 spiro atoms. The van der Waals surface area contributed by atoms with E-state index in [4.69, 9.17) is 9.47 Å². The molecule has 7 heteroatoms. The Bertz CT molecular complexity index is 812. The molecule has 0 bridgehead atoms. The summed E-state index contributed by atoms with van der Waals surface area (Å²) >= 11 is 0. The molecule has 6 nitrogen and oxygen atoms in total. The van der Waals surface area contributed by atoms with E-state index in [-0.39, 0.29) is 17.8 Å². The van der Waals surface area contributed by atoms with Gasteiger partial charge in [0.05, 0.1) is 12.3 Å². The van der Waals surface area contributed by atoms with Crippen LogP contribution in [0.5, 0.6) is 0 Å². The molecule has 1 atom stereocenters.